The normalized spacial score (nSPS) is 26.3. The molecule has 100 valence electrons. The number of pyridine rings is 1. The van der Waals surface area contributed by atoms with Gasteiger partial charge in [0.05, 0.1) is 6.20 Å². The molecule has 3 heteroatoms. The Balaban J connectivity index is 1.97. The van der Waals surface area contributed by atoms with Crippen molar-refractivity contribution in [3.05, 3.63) is 29.8 Å². The van der Waals surface area contributed by atoms with Gasteiger partial charge in [-0.05, 0) is 55.1 Å². The Hall–Kier alpha value is -0.960. The molecule has 1 saturated carbocycles. The molecule has 1 fully saturated rings. The van der Waals surface area contributed by atoms with E-state index in [1.807, 2.05) is 0 Å². The van der Waals surface area contributed by atoms with E-state index < -0.39 is 0 Å². The zero-order valence-electron chi connectivity index (χ0n) is 11.3. The van der Waals surface area contributed by atoms with Crippen molar-refractivity contribution in [3.8, 4) is 0 Å². The molecule has 0 bridgehead atoms. The Labute approximate surface area is 109 Å². The van der Waals surface area contributed by atoms with Crippen molar-refractivity contribution >= 4 is 0 Å². The van der Waals surface area contributed by atoms with Gasteiger partial charge < -0.3 is 5.73 Å². The third-order valence-electron chi connectivity index (χ3n) is 4.38. The Bertz CT molecular complexity index is 384. The monoisotopic (exact) mass is 250 g/mol. The second kappa shape index (κ2) is 5.79. The zero-order valence-corrected chi connectivity index (χ0v) is 11.3. The maximum atomic E-state index is 13.1. The summed E-state index contributed by atoms with van der Waals surface area (Å²) in [5.41, 5.74) is 7.09. The fourth-order valence-corrected chi connectivity index (χ4v) is 3.05. The summed E-state index contributed by atoms with van der Waals surface area (Å²) in [4.78, 5) is 3.89. The van der Waals surface area contributed by atoms with E-state index in [9.17, 15) is 4.39 Å². The molecule has 2 nitrogen and oxygen atoms in total. The number of halogens is 1. The third-order valence-corrected chi connectivity index (χ3v) is 4.38. The number of nitrogens with zero attached hydrogens (tertiary/aromatic N) is 1. The molecule has 0 amide bonds. The highest BCUT2D eigenvalue weighted by Crippen LogP contribution is 2.38. The van der Waals surface area contributed by atoms with Crippen LogP contribution in [0.4, 0.5) is 4.39 Å². The van der Waals surface area contributed by atoms with Gasteiger partial charge in [-0.15, -0.1) is 0 Å². The molecule has 1 atom stereocenters. The first-order chi connectivity index (χ1) is 8.58. The molecular formula is C15H23FN2. The topological polar surface area (TPSA) is 38.9 Å². The van der Waals surface area contributed by atoms with Crippen LogP contribution in [0.3, 0.4) is 0 Å². The molecule has 18 heavy (non-hydrogen) atoms. The van der Waals surface area contributed by atoms with Crippen molar-refractivity contribution in [3.63, 3.8) is 0 Å². The summed E-state index contributed by atoms with van der Waals surface area (Å²) in [5, 5.41) is 0. The molecule has 1 aromatic rings. The average Bonchev–Trinajstić information content (AvgIpc) is 2.38. The van der Waals surface area contributed by atoms with Crippen LogP contribution in [0.2, 0.25) is 0 Å². The molecule has 0 aromatic carbocycles. The lowest BCUT2D eigenvalue weighted by molar-refractivity contribution is 0.203. The summed E-state index contributed by atoms with van der Waals surface area (Å²) in [6.45, 7) is 4.59. The lowest BCUT2D eigenvalue weighted by Gasteiger charge is -2.34. The highest BCUT2D eigenvalue weighted by Gasteiger charge is 2.27. The molecule has 1 unspecified atom stereocenters. The first-order valence-corrected chi connectivity index (χ1v) is 6.94. The van der Waals surface area contributed by atoms with Gasteiger partial charge in [0.1, 0.15) is 5.82 Å². The van der Waals surface area contributed by atoms with E-state index in [1.165, 1.54) is 25.1 Å². The predicted molar refractivity (Wildman–Crippen MR) is 71.4 cm³/mol. The van der Waals surface area contributed by atoms with Gasteiger partial charge in [-0.25, -0.2) is 4.39 Å². The Morgan fingerprint density at radius 2 is 1.78 bits per heavy atom. The molecule has 0 aliphatic heterocycles. The number of nitrogens with two attached hydrogens (primary N) is 1. The predicted octanol–water partition coefficient (Wildman–Crippen LogP) is 3.68. The molecule has 1 aromatic heterocycles. The SMILES string of the molecule is CC(C)C1CCC(C(N)c2cncc(F)c2)CC1. The number of aromatic nitrogens is 1. The smallest absolute Gasteiger partial charge is 0.141 e. The molecule has 2 rings (SSSR count). The van der Waals surface area contributed by atoms with Crippen LogP contribution in [0.25, 0.3) is 0 Å². The molecule has 0 saturated heterocycles. The van der Waals surface area contributed by atoms with E-state index in [0.717, 1.165) is 30.2 Å². The van der Waals surface area contributed by atoms with Gasteiger partial charge in [-0.3, -0.25) is 4.98 Å². The molecular weight excluding hydrogens is 227 g/mol. The van der Waals surface area contributed by atoms with Gasteiger partial charge in [0.25, 0.3) is 0 Å². The Morgan fingerprint density at radius 1 is 1.17 bits per heavy atom. The van der Waals surface area contributed by atoms with Crippen molar-refractivity contribution in [2.45, 2.75) is 45.6 Å². The van der Waals surface area contributed by atoms with Crippen LogP contribution in [0, 0.1) is 23.6 Å². The fourth-order valence-electron chi connectivity index (χ4n) is 3.05. The van der Waals surface area contributed by atoms with Crippen LogP contribution in [0.15, 0.2) is 18.5 Å². The van der Waals surface area contributed by atoms with E-state index in [0.29, 0.717) is 5.92 Å². The van der Waals surface area contributed by atoms with Gasteiger partial charge in [0.2, 0.25) is 0 Å². The summed E-state index contributed by atoms with van der Waals surface area (Å²) >= 11 is 0. The van der Waals surface area contributed by atoms with Crippen LogP contribution in [0.1, 0.15) is 51.1 Å². The minimum absolute atomic E-state index is 0.0682. The zero-order chi connectivity index (χ0) is 13.1. The summed E-state index contributed by atoms with van der Waals surface area (Å²) in [5.74, 6) is 1.78. The Kier molecular flexibility index (Phi) is 4.33. The first-order valence-electron chi connectivity index (χ1n) is 6.94. The van der Waals surface area contributed by atoms with E-state index in [-0.39, 0.29) is 11.9 Å². The number of hydrogen-bond donors (Lipinski definition) is 1. The Morgan fingerprint density at radius 3 is 2.33 bits per heavy atom. The van der Waals surface area contributed by atoms with Crippen LogP contribution in [-0.2, 0) is 0 Å². The lowest BCUT2D eigenvalue weighted by Crippen LogP contribution is -2.27. The van der Waals surface area contributed by atoms with E-state index in [2.05, 4.69) is 18.8 Å². The number of rotatable bonds is 3. The van der Waals surface area contributed by atoms with Crippen LogP contribution in [-0.4, -0.2) is 4.98 Å². The van der Waals surface area contributed by atoms with E-state index in [4.69, 9.17) is 5.73 Å². The highest BCUT2D eigenvalue weighted by atomic mass is 19.1. The van der Waals surface area contributed by atoms with Crippen molar-refractivity contribution in [1.29, 1.82) is 0 Å². The average molecular weight is 250 g/mol. The maximum absolute atomic E-state index is 13.1. The number of hydrogen-bond acceptors (Lipinski definition) is 2. The van der Waals surface area contributed by atoms with Gasteiger partial charge in [0, 0.05) is 12.2 Å². The summed E-state index contributed by atoms with van der Waals surface area (Å²) < 4.78 is 13.1. The van der Waals surface area contributed by atoms with E-state index >= 15 is 0 Å². The van der Waals surface area contributed by atoms with Gasteiger partial charge >= 0.3 is 0 Å². The lowest BCUT2D eigenvalue weighted by atomic mass is 9.74. The van der Waals surface area contributed by atoms with Crippen LogP contribution in [0.5, 0.6) is 0 Å². The minimum Gasteiger partial charge on any atom is -0.324 e. The third kappa shape index (κ3) is 3.08. The summed E-state index contributed by atoms with van der Waals surface area (Å²) in [7, 11) is 0. The van der Waals surface area contributed by atoms with Crippen molar-refractivity contribution < 1.29 is 4.39 Å². The quantitative estimate of drug-likeness (QED) is 0.888. The molecule has 1 aliphatic rings. The maximum Gasteiger partial charge on any atom is 0.141 e. The molecule has 1 aliphatic carbocycles. The van der Waals surface area contributed by atoms with Crippen molar-refractivity contribution in [1.82, 2.24) is 4.98 Å². The van der Waals surface area contributed by atoms with Crippen molar-refractivity contribution in [2.24, 2.45) is 23.5 Å². The molecule has 2 N–H and O–H groups in total. The van der Waals surface area contributed by atoms with Crippen LogP contribution >= 0.6 is 0 Å². The first kappa shape index (κ1) is 13.5. The largest absolute Gasteiger partial charge is 0.324 e. The second-order valence-corrected chi connectivity index (χ2v) is 5.88. The van der Waals surface area contributed by atoms with Crippen LogP contribution < -0.4 is 5.73 Å². The second-order valence-electron chi connectivity index (χ2n) is 5.88. The van der Waals surface area contributed by atoms with Gasteiger partial charge in [-0.1, -0.05) is 13.8 Å². The fraction of sp³-hybridized carbons (Fsp3) is 0.667. The molecule has 1 heterocycles. The minimum atomic E-state index is -0.293. The van der Waals surface area contributed by atoms with Crippen molar-refractivity contribution in [2.75, 3.05) is 0 Å². The van der Waals surface area contributed by atoms with E-state index in [1.54, 1.807) is 6.20 Å². The summed E-state index contributed by atoms with van der Waals surface area (Å²) in [6, 6.07) is 1.45. The van der Waals surface area contributed by atoms with Gasteiger partial charge in [-0.2, -0.15) is 0 Å². The molecule has 0 spiro atoms. The standard InChI is InChI=1S/C15H23FN2/c1-10(2)11-3-5-12(6-4-11)15(17)13-7-14(16)9-18-8-13/h7-12,15H,3-6,17H2,1-2H3. The highest BCUT2D eigenvalue weighted by molar-refractivity contribution is 5.15. The molecule has 0 radical (unpaired) electrons. The van der Waals surface area contributed by atoms with Gasteiger partial charge in [0.15, 0.2) is 0 Å². The summed E-state index contributed by atoms with van der Waals surface area (Å²) in [6.07, 6.45) is 7.73.